The second kappa shape index (κ2) is 7.96. The molecular weight excluding hydrogens is 427 g/mol. The van der Waals surface area contributed by atoms with Crippen LogP contribution in [0.4, 0.5) is 9.52 Å². The lowest BCUT2D eigenvalue weighted by atomic mass is 10.1. The Labute approximate surface area is 177 Å². The normalized spacial score (nSPS) is 14.1. The van der Waals surface area contributed by atoms with E-state index in [1.54, 1.807) is 43.6 Å². The zero-order valence-electron chi connectivity index (χ0n) is 15.9. The Hall–Kier alpha value is -3.11. The van der Waals surface area contributed by atoms with Gasteiger partial charge in [0.2, 0.25) is 5.91 Å². The zero-order valence-corrected chi connectivity index (χ0v) is 17.5. The molecule has 0 radical (unpaired) electrons. The van der Waals surface area contributed by atoms with Gasteiger partial charge in [-0.25, -0.2) is 9.37 Å². The van der Waals surface area contributed by atoms with Crippen LogP contribution in [0.2, 0.25) is 0 Å². The lowest BCUT2D eigenvalue weighted by molar-refractivity contribution is -0.116. The average Bonchev–Trinajstić information content (AvgIpc) is 3.25. The van der Waals surface area contributed by atoms with Crippen molar-refractivity contribution >= 4 is 38.2 Å². The van der Waals surface area contributed by atoms with Gasteiger partial charge in [0.15, 0.2) is 11.0 Å². The van der Waals surface area contributed by atoms with E-state index in [0.717, 1.165) is 10.4 Å². The highest BCUT2D eigenvalue weighted by molar-refractivity contribution is 7.90. The van der Waals surface area contributed by atoms with Crippen molar-refractivity contribution in [2.45, 2.75) is 11.3 Å². The van der Waals surface area contributed by atoms with E-state index < -0.39 is 10.0 Å². The van der Waals surface area contributed by atoms with Crippen LogP contribution >= 0.6 is 11.3 Å². The Morgan fingerprint density at radius 3 is 2.67 bits per heavy atom. The Kier molecular flexibility index (Phi) is 5.35. The summed E-state index contributed by atoms with van der Waals surface area (Å²) >= 11 is 1.33. The van der Waals surface area contributed by atoms with Crippen molar-refractivity contribution in [2.24, 2.45) is 4.40 Å². The van der Waals surface area contributed by atoms with Crippen LogP contribution in [0.15, 0.2) is 64.0 Å². The van der Waals surface area contributed by atoms with Gasteiger partial charge in [-0.1, -0.05) is 24.3 Å². The highest BCUT2D eigenvalue weighted by atomic mass is 32.2. The molecular formula is C20H17FN4O3S2. The van der Waals surface area contributed by atoms with E-state index in [0.29, 0.717) is 17.1 Å². The Balaban J connectivity index is 1.40. The molecule has 2 heterocycles. The van der Waals surface area contributed by atoms with E-state index in [4.69, 9.17) is 0 Å². The second-order valence-corrected chi connectivity index (χ2v) is 9.41. The molecule has 30 heavy (non-hydrogen) atoms. The fourth-order valence-electron chi connectivity index (χ4n) is 3.06. The first-order valence-corrected chi connectivity index (χ1v) is 11.2. The van der Waals surface area contributed by atoms with E-state index >= 15 is 0 Å². The monoisotopic (exact) mass is 444 g/mol. The number of nitrogens with one attached hydrogen (secondary N) is 1. The number of rotatable bonds is 5. The third-order valence-electron chi connectivity index (χ3n) is 4.45. The standard InChI is InChI=1S/C20H17FN4O3S2/c1-25(19-16-4-2-3-5-17(16)30(27,28)24-19)12-18(26)23-20-22-11-15(29-20)10-13-6-8-14(21)9-7-13/h2-9,11H,10,12H2,1H3,(H,22,23,26). The molecule has 0 bridgehead atoms. The summed E-state index contributed by atoms with van der Waals surface area (Å²) in [5.74, 6) is -0.399. The van der Waals surface area contributed by atoms with Crippen molar-refractivity contribution in [1.82, 2.24) is 9.88 Å². The molecule has 4 rings (SSSR count). The Morgan fingerprint density at radius 1 is 1.17 bits per heavy atom. The summed E-state index contributed by atoms with van der Waals surface area (Å²) in [6.07, 6.45) is 2.25. The molecule has 0 unspecified atom stereocenters. The van der Waals surface area contributed by atoms with Crippen LogP contribution < -0.4 is 5.32 Å². The number of benzene rings is 2. The first-order valence-electron chi connectivity index (χ1n) is 8.96. The van der Waals surface area contributed by atoms with Crippen molar-refractivity contribution in [3.05, 3.63) is 76.5 Å². The minimum absolute atomic E-state index is 0.0877. The number of hydrogen-bond acceptors (Lipinski definition) is 6. The van der Waals surface area contributed by atoms with Crippen molar-refractivity contribution in [1.29, 1.82) is 0 Å². The van der Waals surface area contributed by atoms with E-state index in [1.807, 2.05) is 0 Å². The molecule has 1 aliphatic rings. The van der Waals surface area contributed by atoms with Crippen LogP contribution in [0.25, 0.3) is 0 Å². The molecule has 1 N–H and O–H groups in total. The van der Waals surface area contributed by atoms with Crippen LogP contribution in [-0.2, 0) is 21.2 Å². The van der Waals surface area contributed by atoms with Gasteiger partial charge >= 0.3 is 0 Å². The molecule has 0 saturated heterocycles. The fourth-order valence-corrected chi connectivity index (χ4v) is 5.18. The maximum Gasteiger partial charge on any atom is 0.285 e. The molecule has 2 aromatic carbocycles. The number of thiazole rings is 1. The maximum atomic E-state index is 13.0. The second-order valence-electron chi connectivity index (χ2n) is 6.73. The summed E-state index contributed by atoms with van der Waals surface area (Å²) in [6.45, 7) is -0.0877. The smallest absolute Gasteiger partial charge is 0.285 e. The summed E-state index contributed by atoms with van der Waals surface area (Å²) in [6, 6.07) is 12.7. The van der Waals surface area contributed by atoms with Gasteiger partial charge in [0, 0.05) is 30.1 Å². The fraction of sp³-hybridized carbons (Fsp3) is 0.150. The summed E-state index contributed by atoms with van der Waals surface area (Å²) in [5.41, 5.74) is 1.42. The van der Waals surface area contributed by atoms with Crippen molar-refractivity contribution in [3.63, 3.8) is 0 Å². The van der Waals surface area contributed by atoms with Gasteiger partial charge in [0.05, 0.1) is 6.54 Å². The number of hydrogen-bond donors (Lipinski definition) is 1. The minimum atomic E-state index is -3.74. The quantitative estimate of drug-likeness (QED) is 0.653. The van der Waals surface area contributed by atoms with E-state index in [9.17, 15) is 17.6 Å². The number of aromatic nitrogens is 1. The number of amides is 1. The third kappa shape index (κ3) is 4.24. The molecule has 1 aliphatic heterocycles. The minimum Gasteiger partial charge on any atom is -0.349 e. The number of likely N-dealkylation sites (N-methyl/N-ethyl adjacent to an activating group) is 1. The van der Waals surface area contributed by atoms with Gasteiger partial charge in [-0.05, 0) is 29.8 Å². The van der Waals surface area contributed by atoms with Gasteiger partial charge in [0.25, 0.3) is 10.0 Å². The molecule has 1 aromatic heterocycles. The highest BCUT2D eigenvalue weighted by Crippen LogP contribution is 2.27. The SMILES string of the molecule is CN(CC(=O)Nc1ncc(Cc2ccc(F)cc2)s1)C1=NS(=O)(=O)c2ccccc21. The number of carbonyl (C=O) groups is 1. The number of sulfonamides is 1. The first-order chi connectivity index (χ1) is 14.3. The lowest BCUT2D eigenvalue weighted by Crippen LogP contribution is -2.34. The van der Waals surface area contributed by atoms with E-state index in [-0.39, 0.29) is 29.0 Å². The Morgan fingerprint density at radius 2 is 1.90 bits per heavy atom. The zero-order chi connectivity index (χ0) is 21.3. The first kappa shape index (κ1) is 20.2. The number of anilines is 1. The predicted molar refractivity (Wildman–Crippen MR) is 113 cm³/mol. The molecule has 0 atom stereocenters. The summed E-state index contributed by atoms with van der Waals surface area (Å²) in [4.78, 5) is 19.2. The van der Waals surface area contributed by atoms with Crippen molar-refractivity contribution in [3.8, 4) is 0 Å². The highest BCUT2D eigenvalue weighted by Gasteiger charge is 2.30. The van der Waals surface area contributed by atoms with Gasteiger partial charge in [-0.3, -0.25) is 4.79 Å². The molecule has 3 aromatic rings. The largest absolute Gasteiger partial charge is 0.349 e. The molecule has 0 spiro atoms. The molecule has 0 aliphatic carbocycles. The van der Waals surface area contributed by atoms with Gasteiger partial charge in [0.1, 0.15) is 10.7 Å². The molecule has 10 heteroatoms. The summed E-state index contributed by atoms with van der Waals surface area (Å²) in [7, 11) is -2.13. The molecule has 0 saturated carbocycles. The molecule has 1 amide bonds. The summed E-state index contributed by atoms with van der Waals surface area (Å²) in [5, 5.41) is 3.16. The van der Waals surface area contributed by atoms with Gasteiger partial charge in [-0.2, -0.15) is 8.42 Å². The topological polar surface area (TPSA) is 91.7 Å². The summed E-state index contributed by atoms with van der Waals surface area (Å²) < 4.78 is 41.2. The van der Waals surface area contributed by atoms with Crippen LogP contribution in [0.1, 0.15) is 16.0 Å². The predicted octanol–water partition coefficient (Wildman–Crippen LogP) is 2.89. The third-order valence-corrected chi connectivity index (χ3v) is 6.68. The number of carbonyl (C=O) groups excluding carboxylic acids is 1. The van der Waals surface area contributed by atoms with Gasteiger partial charge < -0.3 is 10.2 Å². The van der Waals surface area contributed by atoms with E-state index in [2.05, 4.69) is 14.7 Å². The Bertz CT molecular complexity index is 1240. The van der Waals surface area contributed by atoms with Crippen LogP contribution in [0.3, 0.4) is 0 Å². The van der Waals surface area contributed by atoms with Gasteiger partial charge in [-0.15, -0.1) is 15.7 Å². The molecule has 7 nitrogen and oxygen atoms in total. The maximum absolute atomic E-state index is 13.0. The number of halogens is 1. The van der Waals surface area contributed by atoms with Crippen molar-refractivity contribution in [2.75, 3.05) is 18.9 Å². The van der Waals surface area contributed by atoms with Crippen molar-refractivity contribution < 1.29 is 17.6 Å². The number of nitrogens with zero attached hydrogens (tertiary/aromatic N) is 3. The number of fused-ring (bicyclic) bond motifs is 1. The van der Waals surface area contributed by atoms with Crippen LogP contribution in [0, 0.1) is 5.82 Å². The lowest BCUT2D eigenvalue weighted by Gasteiger charge is -2.17. The molecule has 0 fully saturated rings. The molecule has 154 valence electrons. The van der Waals surface area contributed by atoms with Crippen LogP contribution in [0.5, 0.6) is 0 Å². The average molecular weight is 445 g/mol. The van der Waals surface area contributed by atoms with Crippen LogP contribution in [-0.4, -0.2) is 43.6 Å². The number of amidine groups is 1. The van der Waals surface area contributed by atoms with E-state index in [1.165, 1.54) is 34.4 Å².